The van der Waals surface area contributed by atoms with Gasteiger partial charge in [-0.25, -0.2) is 5.43 Å². The molecule has 5 N–H and O–H groups in total. The number of hydrogen-bond donors (Lipinski definition) is 3. The topological polar surface area (TPSA) is 67.3 Å². The molecular formula is C9H14N4. The Morgan fingerprint density at radius 2 is 2.00 bits per heavy atom. The lowest BCUT2D eigenvalue weighted by molar-refractivity contribution is 0.616. The molecule has 4 nitrogen and oxygen atoms in total. The summed E-state index contributed by atoms with van der Waals surface area (Å²) in [5.74, 6) is 0. The van der Waals surface area contributed by atoms with Gasteiger partial charge in [0.15, 0.2) is 0 Å². The van der Waals surface area contributed by atoms with E-state index in [9.17, 15) is 0 Å². The van der Waals surface area contributed by atoms with Gasteiger partial charge in [-0.2, -0.15) is 0 Å². The summed E-state index contributed by atoms with van der Waals surface area (Å²) in [6, 6.07) is 7.75. The monoisotopic (exact) mass is 178 g/mol. The van der Waals surface area contributed by atoms with E-state index in [1.54, 1.807) is 0 Å². The van der Waals surface area contributed by atoms with Crippen molar-refractivity contribution in [3.63, 3.8) is 0 Å². The molecule has 1 aliphatic heterocycles. The molecule has 0 aliphatic carbocycles. The van der Waals surface area contributed by atoms with Crippen molar-refractivity contribution < 1.29 is 0 Å². The van der Waals surface area contributed by atoms with Gasteiger partial charge in [-0.15, -0.1) is 0 Å². The Morgan fingerprint density at radius 1 is 1.31 bits per heavy atom. The number of benzene rings is 1. The summed E-state index contributed by atoms with van der Waals surface area (Å²) in [7, 11) is 0. The third-order valence-electron chi connectivity index (χ3n) is 2.19. The van der Waals surface area contributed by atoms with Crippen LogP contribution in [0.3, 0.4) is 0 Å². The van der Waals surface area contributed by atoms with Gasteiger partial charge in [0.2, 0.25) is 0 Å². The van der Waals surface area contributed by atoms with Crippen LogP contribution >= 0.6 is 0 Å². The van der Waals surface area contributed by atoms with Crippen molar-refractivity contribution in [2.45, 2.75) is 12.6 Å². The molecule has 0 spiro atoms. The molecule has 4 heteroatoms. The summed E-state index contributed by atoms with van der Waals surface area (Å²) in [6.07, 6.45) is 1.06. The zero-order valence-corrected chi connectivity index (χ0v) is 7.40. The van der Waals surface area contributed by atoms with E-state index in [4.69, 9.17) is 11.5 Å². The van der Waals surface area contributed by atoms with Crippen LogP contribution in [0.5, 0.6) is 0 Å². The first-order valence-corrected chi connectivity index (χ1v) is 4.40. The highest BCUT2D eigenvalue weighted by Gasteiger charge is 2.17. The van der Waals surface area contributed by atoms with E-state index in [-0.39, 0.29) is 6.17 Å². The number of hydrogen-bond acceptors (Lipinski definition) is 4. The fourth-order valence-corrected chi connectivity index (χ4v) is 1.46. The molecule has 0 bridgehead atoms. The van der Waals surface area contributed by atoms with Gasteiger partial charge in [-0.05, 0) is 30.7 Å². The van der Waals surface area contributed by atoms with Crippen molar-refractivity contribution in [1.29, 1.82) is 0 Å². The molecule has 1 aromatic rings. The average molecular weight is 178 g/mol. The van der Waals surface area contributed by atoms with Gasteiger partial charge in [0, 0.05) is 12.2 Å². The van der Waals surface area contributed by atoms with Crippen molar-refractivity contribution in [1.82, 2.24) is 5.43 Å². The van der Waals surface area contributed by atoms with Crippen LogP contribution in [-0.4, -0.2) is 12.7 Å². The minimum atomic E-state index is 0.0811. The predicted molar refractivity (Wildman–Crippen MR) is 53.9 cm³/mol. The maximum Gasteiger partial charge on any atom is 0.0745 e. The summed E-state index contributed by atoms with van der Waals surface area (Å²) >= 11 is 0. The van der Waals surface area contributed by atoms with Gasteiger partial charge in [-0.1, -0.05) is 0 Å². The highest BCUT2D eigenvalue weighted by molar-refractivity contribution is 5.52. The zero-order valence-electron chi connectivity index (χ0n) is 7.40. The molecule has 0 aromatic heterocycles. The van der Waals surface area contributed by atoms with Gasteiger partial charge >= 0.3 is 0 Å². The van der Waals surface area contributed by atoms with Crippen molar-refractivity contribution in [3.8, 4) is 0 Å². The lowest BCUT2D eigenvalue weighted by Crippen LogP contribution is -2.39. The molecule has 0 amide bonds. The SMILES string of the molecule is Nc1ccc(N2CCC(N)N2)cc1. The second kappa shape index (κ2) is 3.24. The third-order valence-corrected chi connectivity index (χ3v) is 2.19. The van der Waals surface area contributed by atoms with Crippen LogP contribution in [0.15, 0.2) is 24.3 Å². The molecule has 1 heterocycles. The Balaban J connectivity index is 2.13. The van der Waals surface area contributed by atoms with Crippen molar-refractivity contribution in [2.75, 3.05) is 17.3 Å². The Kier molecular flexibility index (Phi) is 2.08. The van der Waals surface area contributed by atoms with Gasteiger partial charge in [-0.3, -0.25) is 0 Å². The number of rotatable bonds is 1. The smallest absolute Gasteiger partial charge is 0.0745 e. The van der Waals surface area contributed by atoms with Gasteiger partial charge in [0.05, 0.1) is 11.9 Å². The van der Waals surface area contributed by atoms with Crippen LogP contribution < -0.4 is 21.9 Å². The number of nitrogen functional groups attached to an aromatic ring is 1. The zero-order chi connectivity index (χ0) is 9.26. The van der Waals surface area contributed by atoms with Gasteiger partial charge < -0.3 is 16.5 Å². The lowest BCUT2D eigenvalue weighted by Gasteiger charge is -2.18. The molecule has 1 atom stereocenters. The molecule has 1 aromatic carbocycles. The summed E-state index contributed by atoms with van der Waals surface area (Å²) < 4.78 is 0. The van der Waals surface area contributed by atoms with Crippen LogP contribution in [-0.2, 0) is 0 Å². The Labute approximate surface area is 77.5 Å². The molecule has 1 saturated heterocycles. The first-order valence-electron chi connectivity index (χ1n) is 4.40. The summed E-state index contributed by atoms with van der Waals surface area (Å²) in [5.41, 5.74) is 16.4. The van der Waals surface area contributed by atoms with E-state index in [1.165, 1.54) is 0 Å². The number of anilines is 2. The molecule has 70 valence electrons. The van der Waals surface area contributed by atoms with E-state index in [0.29, 0.717) is 0 Å². The van der Waals surface area contributed by atoms with E-state index in [2.05, 4.69) is 5.43 Å². The Bertz CT molecular complexity index is 282. The van der Waals surface area contributed by atoms with Gasteiger partial charge in [0.1, 0.15) is 0 Å². The summed E-state index contributed by atoms with van der Waals surface area (Å²) in [4.78, 5) is 0. The summed E-state index contributed by atoms with van der Waals surface area (Å²) in [6.45, 7) is 0.949. The second-order valence-electron chi connectivity index (χ2n) is 3.27. The van der Waals surface area contributed by atoms with Crippen LogP contribution in [0, 0.1) is 0 Å². The molecule has 0 radical (unpaired) electrons. The lowest BCUT2D eigenvalue weighted by atomic mass is 10.3. The van der Waals surface area contributed by atoms with E-state index >= 15 is 0 Å². The second-order valence-corrected chi connectivity index (χ2v) is 3.27. The average Bonchev–Trinajstić information content (AvgIpc) is 2.53. The minimum absolute atomic E-state index is 0.0811. The molecule has 1 unspecified atom stereocenters. The van der Waals surface area contributed by atoms with E-state index in [0.717, 1.165) is 24.3 Å². The number of nitrogens with two attached hydrogens (primary N) is 2. The standard InChI is InChI=1S/C9H14N4/c10-7-1-3-8(4-2-7)13-6-5-9(11)12-13/h1-4,9,12H,5-6,10-11H2. The highest BCUT2D eigenvalue weighted by atomic mass is 15.6. The quantitative estimate of drug-likeness (QED) is 0.540. The predicted octanol–water partition coefficient (Wildman–Crippen LogP) is 0.268. The Morgan fingerprint density at radius 3 is 2.54 bits per heavy atom. The highest BCUT2D eigenvalue weighted by Crippen LogP contribution is 2.17. The first kappa shape index (κ1) is 8.34. The van der Waals surface area contributed by atoms with Crippen LogP contribution in [0.25, 0.3) is 0 Å². The fourth-order valence-electron chi connectivity index (χ4n) is 1.46. The largest absolute Gasteiger partial charge is 0.399 e. The number of hydrazine groups is 1. The Hall–Kier alpha value is -1.26. The van der Waals surface area contributed by atoms with Crippen molar-refractivity contribution in [2.24, 2.45) is 5.73 Å². The van der Waals surface area contributed by atoms with Crippen LogP contribution in [0.4, 0.5) is 11.4 Å². The third kappa shape index (κ3) is 1.74. The molecule has 1 aliphatic rings. The molecule has 13 heavy (non-hydrogen) atoms. The first-order chi connectivity index (χ1) is 6.25. The fraction of sp³-hybridized carbons (Fsp3) is 0.333. The number of nitrogens with one attached hydrogen (secondary N) is 1. The maximum absolute atomic E-state index is 5.71. The molecule has 0 saturated carbocycles. The van der Waals surface area contributed by atoms with Crippen molar-refractivity contribution in [3.05, 3.63) is 24.3 Å². The maximum atomic E-state index is 5.71. The van der Waals surface area contributed by atoms with E-state index in [1.807, 2.05) is 29.3 Å². The molecule has 2 rings (SSSR count). The van der Waals surface area contributed by atoms with Crippen LogP contribution in [0.2, 0.25) is 0 Å². The van der Waals surface area contributed by atoms with Crippen molar-refractivity contribution >= 4 is 11.4 Å². The van der Waals surface area contributed by atoms with Gasteiger partial charge in [0.25, 0.3) is 0 Å². The number of nitrogens with zero attached hydrogens (tertiary/aromatic N) is 1. The minimum Gasteiger partial charge on any atom is -0.399 e. The van der Waals surface area contributed by atoms with E-state index < -0.39 is 0 Å². The molecular weight excluding hydrogens is 164 g/mol. The van der Waals surface area contributed by atoms with Crippen LogP contribution in [0.1, 0.15) is 6.42 Å². The normalized spacial score (nSPS) is 22.2. The summed E-state index contributed by atoms with van der Waals surface area (Å²) in [5, 5.41) is 2.05. The molecule has 1 fully saturated rings.